The minimum absolute atomic E-state index is 0.0775. The maximum atomic E-state index is 10.9. The van der Waals surface area contributed by atoms with Crippen molar-refractivity contribution in [2.24, 2.45) is 5.41 Å². The second-order valence-corrected chi connectivity index (χ2v) is 4.41. The molecule has 0 aromatic heterocycles. The molecular weight excluding hydrogens is 200 g/mol. The van der Waals surface area contributed by atoms with Gasteiger partial charge in [-0.1, -0.05) is 29.8 Å². The third-order valence-corrected chi connectivity index (χ3v) is 3.35. The number of carboxylic acid groups (broad SMARTS) is 1. The third kappa shape index (κ3) is 1.30. The summed E-state index contributed by atoms with van der Waals surface area (Å²) < 4.78 is 0. The molecule has 0 heterocycles. The fourth-order valence-electron chi connectivity index (χ4n) is 1.81. The molecule has 0 saturated heterocycles. The summed E-state index contributed by atoms with van der Waals surface area (Å²) in [5.41, 5.74) is 0.351. The van der Waals surface area contributed by atoms with E-state index < -0.39 is 11.4 Å². The smallest absolute Gasteiger partial charge is 0.309 e. The molecule has 0 bridgehead atoms. The number of carboxylic acids is 1. The van der Waals surface area contributed by atoms with E-state index >= 15 is 0 Å². The summed E-state index contributed by atoms with van der Waals surface area (Å²) in [6, 6.07) is 7.45. The molecule has 2 rings (SSSR count). The Morgan fingerprint density at radius 3 is 2.71 bits per heavy atom. The van der Waals surface area contributed by atoms with Crippen LogP contribution in [0.15, 0.2) is 24.3 Å². The second-order valence-electron chi connectivity index (χ2n) is 4.00. The van der Waals surface area contributed by atoms with Crippen LogP contribution < -0.4 is 0 Å². The van der Waals surface area contributed by atoms with Gasteiger partial charge in [-0.3, -0.25) is 4.79 Å². The first-order valence-corrected chi connectivity index (χ1v) is 4.91. The number of carbonyl (C=O) groups is 1. The Morgan fingerprint density at radius 2 is 2.21 bits per heavy atom. The van der Waals surface area contributed by atoms with E-state index in [1.54, 1.807) is 13.0 Å². The van der Waals surface area contributed by atoms with Crippen molar-refractivity contribution in [1.82, 2.24) is 0 Å². The molecule has 14 heavy (non-hydrogen) atoms. The van der Waals surface area contributed by atoms with Gasteiger partial charge in [-0.15, -0.1) is 0 Å². The van der Waals surface area contributed by atoms with Gasteiger partial charge in [0.15, 0.2) is 0 Å². The maximum absolute atomic E-state index is 10.9. The third-order valence-electron chi connectivity index (χ3n) is 3.01. The lowest BCUT2D eigenvalue weighted by Gasteiger charge is -2.06. The van der Waals surface area contributed by atoms with Crippen LogP contribution >= 0.6 is 11.6 Å². The van der Waals surface area contributed by atoms with Crippen LogP contribution in [0.25, 0.3) is 0 Å². The quantitative estimate of drug-likeness (QED) is 0.815. The Kier molecular flexibility index (Phi) is 2.04. The van der Waals surface area contributed by atoms with E-state index in [0.717, 1.165) is 5.56 Å². The van der Waals surface area contributed by atoms with Crippen molar-refractivity contribution in [3.63, 3.8) is 0 Å². The molecule has 1 N–H and O–H groups in total. The van der Waals surface area contributed by atoms with Crippen LogP contribution in [0.4, 0.5) is 0 Å². The molecule has 1 aromatic carbocycles. The van der Waals surface area contributed by atoms with Crippen LogP contribution in [0, 0.1) is 5.41 Å². The molecule has 1 aromatic rings. The number of benzene rings is 1. The molecule has 3 heteroatoms. The van der Waals surface area contributed by atoms with Crippen molar-refractivity contribution in [1.29, 1.82) is 0 Å². The van der Waals surface area contributed by atoms with E-state index in [-0.39, 0.29) is 5.92 Å². The number of hydrogen-bond donors (Lipinski definition) is 1. The van der Waals surface area contributed by atoms with Gasteiger partial charge in [0.25, 0.3) is 0 Å². The van der Waals surface area contributed by atoms with E-state index in [1.807, 2.05) is 18.2 Å². The Labute approximate surface area is 87.5 Å². The summed E-state index contributed by atoms with van der Waals surface area (Å²) in [5.74, 6) is -0.656. The molecule has 74 valence electrons. The molecule has 2 nitrogen and oxygen atoms in total. The van der Waals surface area contributed by atoms with Gasteiger partial charge in [0, 0.05) is 10.9 Å². The highest BCUT2D eigenvalue weighted by Crippen LogP contribution is 2.60. The zero-order valence-corrected chi connectivity index (χ0v) is 8.58. The summed E-state index contributed by atoms with van der Waals surface area (Å²) in [6.45, 7) is 1.77. The Hall–Kier alpha value is -1.02. The highest BCUT2D eigenvalue weighted by atomic mass is 35.5. The lowest BCUT2D eigenvalue weighted by molar-refractivity contribution is -0.142. The first-order chi connectivity index (χ1) is 6.55. The maximum Gasteiger partial charge on any atom is 0.309 e. The normalized spacial score (nSPS) is 30.0. The van der Waals surface area contributed by atoms with Crippen molar-refractivity contribution < 1.29 is 9.90 Å². The largest absolute Gasteiger partial charge is 0.481 e. The average Bonchev–Trinajstić information content (AvgIpc) is 2.80. The standard InChI is InChI=1S/C11H11ClO2/c1-11(10(13)14)6-8(11)7-4-2-3-5-9(7)12/h2-5,8H,6H2,1H3,(H,13,14)/t8-,11+/m1/s1. The Morgan fingerprint density at radius 1 is 1.57 bits per heavy atom. The highest BCUT2D eigenvalue weighted by Gasteiger charge is 2.57. The van der Waals surface area contributed by atoms with E-state index in [9.17, 15) is 4.79 Å². The SMILES string of the molecule is C[C@]1(C(=O)O)C[C@@H]1c1ccccc1Cl. The van der Waals surface area contributed by atoms with Crippen LogP contribution in [0.1, 0.15) is 24.8 Å². The van der Waals surface area contributed by atoms with Crippen LogP contribution in [-0.2, 0) is 4.79 Å². The van der Waals surface area contributed by atoms with E-state index in [4.69, 9.17) is 16.7 Å². The highest BCUT2D eigenvalue weighted by molar-refractivity contribution is 6.31. The van der Waals surface area contributed by atoms with Gasteiger partial charge in [0.05, 0.1) is 5.41 Å². The van der Waals surface area contributed by atoms with E-state index in [0.29, 0.717) is 11.4 Å². The molecule has 0 unspecified atom stereocenters. The molecule has 0 radical (unpaired) electrons. The number of aliphatic carboxylic acids is 1. The fraction of sp³-hybridized carbons (Fsp3) is 0.364. The minimum atomic E-state index is -0.734. The number of hydrogen-bond acceptors (Lipinski definition) is 1. The topological polar surface area (TPSA) is 37.3 Å². The van der Waals surface area contributed by atoms with Crippen molar-refractivity contribution in [3.05, 3.63) is 34.9 Å². The van der Waals surface area contributed by atoms with Gasteiger partial charge in [-0.2, -0.15) is 0 Å². The van der Waals surface area contributed by atoms with Crippen molar-refractivity contribution >= 4 is 17.6 Å². The molecule has 1 aliphatic carbocycles. The van der Waals surface area contributed by atoms with Gasteiger partial charge in [0.2, 0.25) is 0 Å². The predicted octanol–water partition coefficient (Wildman–Crippen LogP) is 2.92. The first-order valence-electron chi connectivity index (χ1n) is 4.53. The van der Waals surface area contributed by atoms with Gasteiger partial charge in [-0.05, 0) is 25.0 Å². The fourth-order valence-corrected chi connectivity index (χ4v) is 2.08. The predicted molar refractivity (Wildman–Crippen MR) is 54.6 cm³/mol. The van der Waals surface area contributed by atoms with Crippen LogP contribution in [0.3, 0.4) is 0 Å². The first kappa shape index (κ1) is 9.53. The summed E-state index contributed by atoms with van der Waals surface area (Å²) in [5, 5.41) is 9.66. The van der Waals surface area contributed by atoms with Gasteiger partial charge >= 0.3 is 5.97 Å². The zero-order valence-electron chi connectivity index (χ0n) is 7.83. The molecule has 1 aliphatic rings. The van der Waals surface area contributed by atoms with Crippen molar-refractivity contribution in [2.45, 2.75) is 19.3 Å². The van der Waals surface area contributed by atoms with Crippen LogP contribution in [-0.4, -0.2) is 11.1 Å². The Balaban J connectivity index is 2.29. The van der Waals surface area contributed by atoms with Crippen LogP contribution in [0.2, 0.25) is 5.02 Å². The molecule has 0 amide bonds. The molecule has 1 fully saturated rings. The summed E-state index contributed by atoms with van der Waals surface area (Å²) >= 11 is 6.00. The molecule has 2 atom stereocenters. The monoisotopic (exact) mass is 210 g/mol. The minimum Gasteiger partial charge on any atom is -0.481 e. The Bertz CT molecular complexity index is 389. The zero-order chi connectivity index (χ0) is 10.3. The molecule has 0 spiro atoms. The molecule has 1 saturated carbocycles. The molecule has 0 aliphatic heterocycles. The van der Waals surface area contributed by atoms with Crippen molar-refractivity contribution in [3.8, 4) is 0 Å². The van der Waals surface area contributed by atoms with Crippen molar-refractivity contribution in [2.75, 3.05) is 0 Å². The lowest BCUT2D eigenvalue weighted by Crippen LogP contribution is -2.12. The van der Waals surface area contributed by atoms with Gasteiger partial charge in [0.1, 0.15) is 0 Å². The van der Waals surface area contributed by atoms with E-state index in [1.165, 1.54) is 0 Å². The summed E-state index contributed by atoms with van der Waals surface area (Å²) in [7, 11) is 0. The average molecular weight is 211 g/mol. The van der Waals surface area contributed by atoms with E-state index in [2.05, 4.69) is 0 Å². The van der Waals surface area contributed by atoms with Gasteiger partial charge in [-0.25, -0.2) is 0 Å². The van der Waals surface area contributed by atoms with Gasteiger partial charge < -0.3 is 5.11 Å². The summed E-state index contributed by atoms with van der Waals surface area (Å²) in [6.07, 6.45) is 0.687. The van der Waals surface area contributed by atoms with Crippen LogP contribution in [0.5, 0.6) is 0 Å². The second kappa shape index (κ2) is 2.99. The number of rotatable bonds is 2. The number of halogens is 1. The lowest BCUT2D eigenvalue weighted by atomic mass is 10.0. The summed E-state index contributed by atoms with van der Waals surface area (Å²) in [4.78, 5) is 10.9. The molecular formula is C11H11ClO2.